The van der Waals surface area contributed by atoms with Crippen molar-refractivity contribution in [3.63, 3.8) is 0 Å². The molecule has 5 nitrogen and oxygen atoms in total. The first-order chi connectivity index (χ1) is 10.2. The number of aryl methyl sites for hydroxylation is 1. The van der Waals surface area contributed by atoms with Gasteiger partial charge in [-0.15, -0.1) is 21.5 Å². The number of nitrogens with one attached hydrogen (secondary N) is 1. The lowest BCUT2D eigenvalue weighted by Crippen LogP contribution is -2.18. The van der Waals surface area contributed by atoms with Gasteiger partial charge in [0.25, 0.3) is 0 Å². The molecule has 0 aliphatic carbocycles. The van der Waals surface area contributed by atoms with E-state index in [1.807, 2.05) is 23.1 Å². The zero-order valence-corrected chi connectivity index (χ0v) is 12.8. The van der Waals surface area contributed by atoms with E-state index in [4.69, 9.17) is 0 Å². The highest BCUT2D eigenvalue weighted by Gasteiger charge is 2.08. The Kier molecular flexibility index (Phi) is 4.08. The van der Waals surface area contributed by atoms with E-state index in [-0.39, 0.29) is 6.04 Å². The van der Waals surface area contributed by atoms with E-state index in [9.17, 15) is 0 Å². The van der Waals surface area contributed by atoms with Crippen molar-refractivity contribution in [2.24, 2.45) is 0 Å². The molecule has 0 fully saturated rings. The predicted octanol–water partition coefficient (Wildman–Crippen LogP) is 2.88. The maximum absolute atomic E-state index is 4.28. The Labute approximate surface area is 127 Å². The number of benzene rings is 1. The molecular formula is C15H17N5S. The molecule has 2 heterocycles. The van der Waals surface area contributed by atoms with Gasteiger partial charge in [0.15, 0.2) is 0 Å². The summed E-state index contributed by atoms with van der Waals surface area (Å²) in [7, 11) is 0. The van der Waals surface area contributed by atoms with Gasteiger partial charge in [0, 0.05) is 23.2 Å². The van der Waals surface area contributed by atoms with Crippen LogP contribution in [-0.4, -0.2) is 19.7 Å². The van der Waals surface area contributed by atoms with Crippen molar-refractivity contribution >= 4 is 11.3 Å². The van der Waals surface area contributed by atoms with Crippen LogP contribution in [0.4, 0.5) is 0 Å². The zero-order valence-electron chi connectivity index (χ0n) is 12.0. The maximum atomic E-state index is 4.28. The van der Waals surface area contributed by atoms with Gasteiger partial charge in [0.1, 0.15) is 12.7 Å². The quantitative estimate of drug-likeness (QED) is 0.787. The average molecular weight is 299 g/mol. The van der Waals surface area contributed by atoms with E-state index >= 15 is 0 Å². The van der Waals surface area contributed by atoms with Crippen molar-refractivity contribution in [3.05, 3.63) is 58.6 Å². The summed E-state index contributed by atoms with van der Waals surface area (Å²) in [6, 6.07) is 8.65. The van der Waals surface area contributed by atoms with Crippen molar-refractivity contribution in [2.75, 3.05) is 0 Å². The number of hydrogen-bond donors (Lipinski definition) is 1. The van der Waals surface area contributed by atoms with Crippen molar-refractivity contribution in [1.82, 2.24) is 25.1 Å². The molecule has 6 heteroatoms. The molecule has 108 valence electrons. The fourth-order valence-electron chi connectivity index (χ4n) is 2.15. The zero-order chi connectivity index (χ0) is 14.7. The van der Waals surface area contributed by atoms with Crippen LogP contribution in [0.25, 0.3) is 5.69 Å². The summed E-state index contributed by atoms with van der Waals surface area (Å²) in [6.07, 6.45) is 3.41. The third kappa shape index (κ3) is 3.17. The van der Waals surface area contributed by atoms with Crippen molar-refractivity contribution in [1.29, 1.82) is 0 Å². The summed E-state index contributed by atoms with van der Waals surface area (Å²) in [5, 5.41) is 11.2. The van der Waals surface area contributed by atoms with Crippen LogP contribution < -0.4 is 5.32 Å². The van der Waals surface area contributed by atoms with Crippen LogP contribution in [0.5, 0.6) is 0 Å². The van der Waals surface area contributed by atoms with E-state index in [1.54, 1.807) is 24.0 Å². The van der Waals surface area contributed by atoms with Crippen molar-refractivity contribution in [2.45, 2.75) is 26.4 Å². The Balaban J connectivity index is 1.71. The first-order valence-electron chi connectivity index (χ1n) is 6.81. The summed E-state index contributed by atoms with van der Waals surface area (Å²) < 4.78 is 1.91. The predicted molar refractivity (Wildman–Crippen MR) is 83.5 cm³/mol. The standard InChI is InChI=1S/C15H17N5S/c1-11(16-7-15-12(2)17-10-21-15)13-4-3-5-14(6-13)20-8-18-19-9-20/h3-6,8-11,16H,7H2,1-2H3/t11-/m0/s1. The van der Waals surface area contributed by atoms with Gasteiger partial charge in [-0.2, -0.15) is 0 Å². The summed E-state index contributed by atoms with van der Waals surface area (Å²) in [5.74, 6) is 0. The van der Waals surface area contributed by atoms with Gasteiger partial charge < -0.3 is 5.32 Å². The van der Waals surface area contributed by atoms with Crippen LogP contribution in [0.2, 0.25) is 0 Å². The van der Waals surface area contributed by atoms with Crippen LogP contribution in [0.15, 0.2) is 42.4 Å². The minimum absolute atomic E-state index is 0.267. The molecule has 2 aromatic heterocycles. The van der Waals surface area contributed by atoms with Crippen molar-refractivity contribution in [3.8, 4) is 5.69 Å². The van der Waals surface area contributed by atoms with E-state index in [2.05, 4.69) is 45.6 Å². The van der Waals surface area contributed by atoms with Crippen LogP contribution in [0.1, 0.15) is 29.1 Å². The second-order valence-electron chi connectivity index (χ2n) is 4.93. The molecule has 0 bridgehead atoms. The molecule has 0 aliphatic rings. The molecule has 1 atom stereocenters. The number of rotatable bonds is 5. The lowest BCUT2D eigenvalue weighted by molar-refractivity contribution is 0.577. The fourth-order valence-corrected chi connectivity index (χ4v) is 2.88. The highest BCUT2D eigenvalue weighted by molar-refractivity contribution is 7.09. The molecule has 1 N–H and O–H groups in total. The molecule has 0 radical (unpaired) electrons. The number of hydrogen-bond acceptors (Lipinski definition) is 5. The van der Waals surface area contributed by atoms with Crippen LogP contribution >= 0.6 is 11.3 Å². The molecule has 0 unspecified atom stereocenters. The van der Waals surface area contributed by atoms with Gasteiger partial charge in [-0.3, -0.25) is 4.57 Å². The average Bonchev–Trinajstić information content (AvgIpc) is 3.16. The second kappa shape index (κ2) is 6.15. The molecule has 0 saturated heterocycles. The molecule has 3 rings (SSSR count). The topological polar surface area (TPSA) is 55.6 Å². The van der Waals surface area contributed by atoms with Gasteiger partial charge in [-0.25, -0.2) is 4.98 Å². The molecule has 0 aliphatic heterocycles. The summed E-state index contributed by atoms with van der Waals surface area (Å²) in [5.41, 5.74) is 5.31. The van der Waals surface area contributed by atoms with Gasteiger partial charge >= 0.3 is 0 Å². The van der Waals surface area contributed by atoms with Gasteiger partial charge in [-0.05, 0) is 31.5 Å². The number of nitrogens with zero attached hydrogens (tertiary/aromatic N) is 4. The SMILES string of the molecule is Cc1ncsc1CN[C@@H](C)c1cccc(-n2cnnc2)c1. The van der Waals surface area contributed by atoms with E-state index in [1.165, 1.54) is 10.4 Å². The van der Waals surface area contributed by atoms with Gasteiger partial charge in [0.05, 0.1) is 11.2 Å². The lowest BCUT2D eigenvalue weighted by atomic mass is 10.1. The molecular weight excluding hydrogens is 282 g/mol. The van der Waals surface area contributed by atoms with Crippen LogP contribution in [0.3, 0.4) is 0 Å². The monoisotopic (exact) mass is 299 g/mol. The summed E-state index contributed by atoms with van der Waals surface area (Å²) >= 11 is 1.69. The highest BCUT2D eigenvalue weighted by Crippen LogP contribution is 2.18. The summed E-state index contributed by atoms with van der Waals surface area (Å²) in [6.45, 7) is 5.06. The highest BCUT2D eigenvalue weighted by atomic mass is 32.1. The Morgan fingerprint density at radius 1 is 1.29 bits per heavy atom. The Hall–Kier alpha value is -2.05. The Morgan fingerprint density at radius 2 is 2.10 bits per heavy atom. The van der Waals surface area contributed by atoms with E-state index in [0.717, 1.165) is 17.9 Å². The minimum Gasteiger partial charge on any atom is -0.305 e. The van der Waals surface area contributed by atoms with E-state index < -0.39 is 0 Å². The third-order valence-electron chi connectivity index (χ3n) is 3.50. The van der Waals surface area contributed by atoms with E-state index in [0.29, 0.717) is 0 Å². The molecule has 1 aromatic carbocycles. The fraction of sp³-hybridized carbons (Fsp3) is 0.267. The molecule has 3 aromatic rings. The third-order valence-corrected chi connectivity index (χ3v) is 4.44. The molecule has 0 saturated carbocycles. The number of aromatic nitrogens is 4. The maximum Gasteiger partial charge on any atom is 0.123 e. The normalized spacial score (nSPS) is 12.5. The molecule has 0 amide bonds. The van der Waals surface area contributed by atoms with Crippen LogP contribution in [0, 0.1) is 6.92 Å². The Morgan fingerprint density at radius 3 is 2.81 bits per heavy atom. The van der Waals surface area contributed by atoms with Gasteiger partial charge in [-0.1, -0.05) is 12.1 Å². The minimum atomic E-state index is 0.267. The second-order valence-corrected chi connectivity index (χ2v) is 5.87. The first kappa shape index (κ1) is 13.9. The molecule has 0 spiro atoms. The summed E-state index contributed by atoms with van der Waals surface area (Å²) in [4.78, 5) is 5.57. The van der Waals surface area contributed by atoms with Gasteiger partial charge in [0.2, 0.25) is 0 Å². The Bertz CT molecular complexity index is 704. The molecule has 21 heavy (non-hydrogen) atoms. The van der Waals surface area contributed by atoms with Crippen LogP contribution in [-0.2, 0) is 6.54 Å². The smallest absolute Gasteiger partial charge is 0.123 e. The lowest BCUT2D eigenvalue weighted by Gasteiger charge is -2.15. The largest absolute Gasteiger partial charge is 0.305 e. The number of thiazole rings is 1. The first-order valence-corrected chi connectivity index (χ1v) is 7.69. The van der Waals surface area contributed by atoms with Crippen molar-refractivity contribution < 1.29 is 0 Å².